The van der Waals surface area contributed by atoms with E-state index in [0.717, 1.165) is 11.3 Å². The number of nitrogens with zero attached hydrogens (tertiary/aromatic N) is 3. The van der Waals surface area contributed by atoms with E-state index in [1.165, 1.54) is 51.7 Å². The van der Waals surface area contributed by atoms with Gasteiger partial charge in [-0.05, 0) is 78.7 Å². The lowest BCUT2D eigenvalue weighted by Gasteiger charge is -2.16. The summed E-state index contributed by atoms with van der Waals surface area (Å²) in [5.74, 6) is -2.11. The first-order valence-electron chi connectivity index (χ1n) is 13.0. The Kier molecular flexibility index (Phi) is 7.57. The first-order chi connectivity index (χ1) is 20.5. The minimum Gasteiger partial charge on any atom is -0.508 e. The van der Waals surface area contributed by atoms with Crippen molar-refractivity contribution in [3.05, 3.63) is 121 Å². The smallest absolute Gasteiger partial charge is 0.335 e. The molecule has 0 atom stereocenters. The van der Waals surface area contributed by atoms with Crippen LogP contribution >= 0.6 is 0 Å². The Bertz CT molecular complexity index is 2060. The average Bonchev–Trinajstić information content (AvgIpc) is 3.31. The van der Waals surface area contributed by atoms with Crippen molar-refractivity contribution in [1.82, 2.24) is 14.3 Å². The molecule has 3 aromatic carbocycles. The fourth-order valence-corrected chi connectivity index (χ4v) is 4.77. The van der Waals surface area contributed by atoms with E-state index >= 15 is 0 Å². The first-order valence-corrected chi connectivity index (χ1v) is 13.0. The number of carbonyl (C=O) groups is 2. The number of carboxylic acids is 2. The van der Waals surface area contributed by atoms with Gasteiger partial charge in [0.05, 0.1) is 27.9 Å². The number of aromatic nitrogens is 3. The SMILES string of the molecule is Cc1c(C=C=Cc2ccc(N(C)CC(=O)O)cc2)c(=O)n(-c2cccc(O)c2)c2[nH]n(-c3ccc(C(=O)O)cc3)c(=O)c12. The third-order valence-electron chi connectivity index (χ3n) is 6.95. The maximum atomic E-state index is 13.9. The Morgan fingerprint density at radius 3 is 2.26 bits per heavy atom. The minimum atomic E-state index is -1.10. The number of hydrogen-bond acceptors (Lipinski definition) is 6. The number of hydrogen-bond donors (Lipinski definition) is 4. The second-order valence-corrected chi connectivity index (χ2v) is 9.82. The molecule has 2 aromatic heterocycles. The Labute approximate surface area is 244 Å². The molecule has 43 heavy (non-hydrogen) atoms. The predicted molar refractivity (Wildman–Crippen MR) is 163 cm³/mol. The van der Waals surface area contributed by atoms with Crippen molar-refractivity contribution in [3.8, 4) is 17.1 Å². The molecule has 0 aliphatic heterocycles. The van der Waals surface area contributed by atoms with Gasteiger partial charge in [0, 0.05) is 18.8 Å². The first kappa shape index (κ1) is 28.5. The standard InChI is InChI=1S/C32H26N4O7/c1-19-26(8-3-5-20-9-13-22(14-10-20)34(2)18-27(38)39)30(40)35(24-6-4-7-25(37)17-24)29-28(19)31(41)36(33-29)23-15-11-21(12-16-23)32(42)43/h4-17,33,37H,18H2,1-2H3,(H,38,39)(H,42,43). The van der Waals surface area contributed by atoms with Crippen molar-refractivity contribution >= 4 is 40.8 Å². The number of aromatic amines is 1. The van der Waals surface area contributed by atoms with Crippen molar-refractivity contribution in [2.45, 2.75) is 6.92 Å². The molecule has 5 rings (SSSR count). The molecule has 0 fully saturated rings. The van der Waals surface area contributed by atoms with E-state index in [9.17, 15) is 29.4 Å². The molecule has 2 heterocycles. The zero-order valence-electron chi connectivity index (χ0n) is 23.1. The maximum Gasteiger partial charge on any atom is 0.335 e. The topological polar surface area (TPSA) is 158 Å². The van der Waals surface area contributed by atoms with Crippen LogP contribution in [0.5, 0.6) is 5.75 Å². The van der Waals surface area contributed by atoms with Crippen LogP contribution in [0.15, 0.2) is 88.1 Å². The number of aryl methyl sites for hydroxylation is 1. The summed E-state index contributed by atoms with van der Waals surface area (Å²) in [7, 11) is 1.68. The molecule has 0 saturated heterocycles. The molecule has 0 bridgehead atoms. The number of carboxylic acid groups (broad SMARTS) is 2. The normalized spacial score (nSPS) is 10.7. The molecule has 0 saturated carbocycles. The Hall–Kier alpha value is -6.06. The van der Waals surface area contributed by atoms with E-state index in [1.54, 1.807) is 61.3 Å². The van der Waals surface area contributed by atoms with Crippen LogP contribution in [0.1, 0.15) is 27.0 Å². The number of H-pyrrole nitrogens is 1. The lowest BCUT2D eigenvalue weighted by Crippen LogP contribution is -2.24. The molecule has 0 aliphatic carbocycles. The summed E-state index contributed by atoms with van der Waals surface area (Å²) in [5, 5.41) is 31.6. The van der Waals surface area contributed by atoms with Gasteiger partial charge in [0.15, 0.2) is 0 Å². The number of anilines is 1. The predicted octanol–water partition coefficient (Wildman–Crippen LogP) is 4.03. The number of aromatic carboxylic acids is 1. The van der Waals surface area contributed by atoms with Gasteiger partial charge in [-0.15, -0.1) is 5.73 Å². The molecule has 0 spiro atoms. The summed E-state index contributed by atoms with van der Waals surface area (Å²) in [4.78, 5) is 51.5. The molecule has 0 radical (unpaired) electrons. The number of phenolic OH excluding ortho intramolecular Hbond substituents is 1. The Morgan fingerprint density at radius 2 is 1.63 bits per heavy atom. The quantitative estimate of drug-likeness (QED) is 0.201. The van der Waals surface area contributed by atoms with Gasteiger partial charge in [-0.2, -0.15) is 0 Å². The number of aliphatic carboxylic acids is 1. The van der Waals surface area contributed by atoms with E-state index in [2.05, 4.69) is 10.8 Å². The van der Waals surface area contributed by atoms with Crippen LogP contribution in [0.2, 0.25) is 0 Å². The van der Waals surface area contributed by atoms with Crippen molar-refractivity contribution in [3.63, 3.8) is 0 Å². The summed E-state index contributed by atoms with van der Waals surface area (Å²) in [6.45, 7) is 1.51. The molecule has 5 aromatic rings. The molecular weight excluding hydrogens is 552 g/mol. The molecule has 216 valence electrons. The van der Waals surface area contributed by atoms with Gasteiger partial charge in [-0.25, -0.2) is 9.48 Å². The summed E-state index contributed by atoms with van der Waals surface area (Å²) >= 11 is 0. The number of benzene rings is 3. The highest BCUT2D eigenvalue weighted by Crippen LogP contribution is 2.23. The molecule has 0 amide bonds. The van der Waals surface area contributed by atoms with Gasteiger partial charge >= 0.3 is 11.9 Å². The van der Waals surface area contributed by atoms with Crippen LogP contribution in [0.4, 0.5) is 5.69 Å². The van der Waals surface area contributed by atoms with Crippen LogP contribution in [0.3, 0.4) is 0 Å². The number of phenols is 1. The number of pyridine rings is 1. The molecular formula is C32H26N4O7. The highest BCUT2D eigenvalue weighted by molar-refractivity contribution is 5.88. The fourth-order valence-electron chi connectivity index (χ4n) is 4.77. The maximum absolute atomic E-state index is 13.9. The Morgan fingerprint density at radius 1 is 0.930 bits per heavy atom. The number of rotatable bonds is 8. The van der Waals surface area contributed by atoms with Gasteiger partial charge in [-0.3, -0.25) is 24.0 Å². The molecule has 11 nitrogen and oxygen atoms in total. The van der Waals surface area contributed by atoms with E-state index in [-0.39, 0.29) is 34.5 Å². The van der Waals surface area contributed by atoms with Crippen molar-refractivity contribution in [2.24, 2.45) is 0 Å². The van der Waals surface area contributed by atoms with Crippen LogP contribution < -0.4 is 16.0 Å². The van der Waals surface area contributed by atoms with E-state index < -0.39 is 23.1 Å². The average molecular weight is 579 g/mol. The van der Waals surface area contributed by atoms with Crippen LogP contribution in [0.25, 0.3) is 34.6 Å². The molecule has 0 aliphatic rings. The molecule has 0 unspecified atom stereocenters. The zero-order valence-corrected chi connectivity index (χ0v) is 23.1. The number of fused-ring (bicyclic) bond motifs is 1. The second kappa shape index (κ2) is 11.4. The third kappa shape index (κ3) is 5.61. The Balaban J connectivity index is 1.65. The van der Waals surface area contributed by atoms with Crippen molar-refractivity contribution in [1.29, 1.82) is 0 Å². The van der Waals surface area contributed by atoms with E-state index in [4.69, 9.17) is 5.11 Å². The summed E-state index contributed by atoms with van der Waals surface area (Å²) in [6.07, 6.45) is 3.14. The lowest BCUT2D eigenvalue weighted by atomic mass is 10.1. The van der Waals surface area contributed by atoms with Gasteiger partial charge in [0.25, 0.3) is 11.1 Å². The summed E-state index contributed by atoms with van der Waals surface area (Å²) < 4.78 is 2.53. The molecule has 11 heteroatoms. The van der Waals surface area contributed by atoms with Gasteiger partial charge < -0.3 is 20.2 Å². The van der Waals surface area contributed by atoms with Crippen LogP contribution in [0, 0.1) is 6.92 Å². The van der Waals surface area contributed by atoms with E-state index in [1.807, 2.05) is 0 Å². The van der Waals surface area contributed by atoms with Gasteiger partial charge in [-0.1, -0.05) is 18.2 Å². The highest BCUT2D eigenvalue weighted by Gasteiger charge is 2.21. The highest BCUT2D eigenvalue weighted by atomic mass is 16.4. The largest absolute Gasteiger partial charge is 0.508 e. The van der Waals surface area contributed by atoms with Crippen molar-refractivity contribution in [2.75, 3.05) is 18.5 Å². The summed E-state index contributed by atoms with van der Waals surface area (Å²) in [6, 6.07) is 18.9. The van der Waals surface area contributed by atoms with Gasteiger partial charge in [0.2, 0.25) is 0 Å². The second-order valence-electron chi connectivity index (χ2n) is 9.82. The number of likely N-dealkylation sites (N-methyl/N-ethyl adjacent to an activating group) is 1. The third-order valence-corrected chi connectivity index (χ3v) is 6.95. The monoisotopic (exact) mass is 578 g/mol. The van der Waals surface area contributed by atoms with E-state index in [0.29, 0.717) is 16.9 Å². The van der Waals surface area contributed by atoms with Crippen LogP contribution in [-0.2, 0) is 4.79 Å². The summed E-state index contributed by atoms with van der Waals surface area (Å²) in [5.41, 5.74) is 5.13. The minimum absolute atomic E-state index is 0.0573. The zero-order chi connectivity index (χ0) is 30.8. The van der Waals surface area contributed by atoms with Gasteiger partial charge in [0.1, 0.15) is 17.9 Å². The lowest BCUT2D eigenvalue weighted by molar-refractivity contribution is -0.135. The van der Waals surface area contributed by atoms with Crippen LogP contribution in [-0.4, -0.2) is 55.2 Å². The fraction of sp³-hybridized carbons (Fsp3) is 0.0938. The number of aromatic hydroxyl groups is 1. The number of nitrogens with one attached hydrogen (secondary N) is 1. The molecule has 4 N–H and O–H groups in total. The van der Waals surface area contributed by atoms with Crippen molar-refractivity contribution < 1.29 is 24.9 Å².